The van der Waals surface area contributed by atoms with Crippen LogP contribution in [0.3, 0.4) is 0 Å². The highest BCUT2D eigenvalue weighted by molar-refractivity contribution is 6.07. The van der Waals surface area contributed by atoms with Crippen LogP contribution in [0.15, 0.2) is 54.7 Å². The Hall–Kier alpha value is -3.29. The Morgan fingerprint density at radius 1 is 1.04 bits per heavy atom. The van der Waals surface area contributed by atoms with E-state index in [2.05, 4.69) is 10.3 Å². The van der Waals surface area contributed by atoms with E-state index < -0.39 is 23.6 Å². The summed E-state index contributed by atoms with van der Waals surface area (Å²) in [6.07, 6.45) is -2.93. The van der Waals surface area contributed by atoms with Crippen LogP contribution in [0.25, 0.3) is 10.9 Å². The topological polar surface area (TPSA) is 65.2 Å². The summed E-state index contributed by atoms with van der Waals surface area (Å²) in [5.74, 6) is -1.28. The van der Waals surface area contributed by atoms with Gasteiger partial charge in [-0.1, -0.05) is 30.3 Å². The first-order valence-corrected chi connectivity index (χ1v) is 8.67. The number of para-hydroxylation sites is 2. The maximum Gasteiger partial charge on any atom is 0.418 e. The van der Waals surface area contributed by atoms with E-state index in [-0.39, 0.29) is 24.7 Å². The fourth-order valence-corrected chi connectivity index (χ4v) is 3.30. The molecule has 0 aliphatic carbocycles. The van der Waals surface area contributed by atoms with Gasteiger partial charge in [0.25, 0.3) is 5.91 Å². The number of amides is 2. The van der Waals surface area contributed by atoms with Crippen molar-refractivity contribution in [2.24, 2.45) is 5.92 Å². The fraction of sp³-hybridized carbons (Fsp3) is 0.200. The van der Waals surface area contributed by atoms with Crippen molar-refractivity contribution >= 4 is 28.4 Å². The van der Waals surface area contributed by atoms with E-state index in [0.29, 0.717) is 5.56 Å². The largest absolute Gasteiger partial charge is 0.418 e. The molecule has 5 nitrogen and oxygen atoms in total. The molecule has 1 aromatic heterocycles. The van der Waals surface area contributed by atoms with Crippen LogP contribution in [-0.4, -0.2) is 34.8 Å². The Balaban J connectivity index is 1.42. The van der Waals surface area contributed by atoms with Gasteiger partial charge in [0.05, 0.1) is 22.7 Å². The number of likely N-dealkylation sites (tertiary alicyclic amines) is 1. The van der Waals surface area contributed by atoms with Crippen LogP contribution < -0.4 is 5.32 Å². The van der Waals surface area contributed by atoms with Gasteiger partial charge in [-0.3, -0.25) is 9.59 Å². The first kappa shape index (κ1) is 18.1. The standard InChI is InChI=1S/C20H16F3N3O2/c21-20(22,23)15-6-2-4-8-17(15)25-18(27)12-10-26(11-12)19(28)14-9-24-16-7-3-1-5-13(14)16/h1-9,12,24H,10-11H2,(H,25,27). The Morgan fingerprint density at radius 2 is 1.71 bits per heavy atom. The van der Waals surface area contributed by atoms with Crippen molar-refractivity contribution in [2.75, 3.05) is 18.4 Å². The van der Waals surface area contributed by atoms with Gasteiger partial charge in [0.15, 0.2) is 0 Å². The molecular formula is C20H16F3N3O2. The minimum atomic E-state index is -4.55. The van der Waals surface area contributed by atoms with E-state index in [0.717, 1.165) is 17.0 Å². The Labute approximate surface area is 158 Å². The molecule has 144 valence electrons. The molecule has 0 atom stereocenters. The van der Waals surface area contributed by atoms with Crippen LogP contribution in [0.5, 0.6) is 0 Å². The van der Waals surface area contributed by atoms with Gasteiger partial charge in [-0.15, -0.1) is 0 Å². The third-order valence-electron chi connectivity index (χ3n) is 4.85. The van der Waals surface area contributed by atoms with Crippen LogP contribution in [0.1, 0.15) is 15.9 Å². The van der Waals surface area contributed by atoms with Crippen LogP contribution in [0, 0.1) is 5.92 Å². The van der Waals surface area contributed by atoms with Gasteiger partial charge in [-0.2, -0.15) is 13.2 Å². The van der Waals surface area contributed by atoms with E-state index in [1.807, 2.05) is 24.3 Å². The zero-order chi connectivity index (χ0) is 19.9. The summed E-state index contributed by atoms with van der Waals surface area (Å²) in [5, 5.41) is 3.13. The number of carbonyl (C=O) groups is 2. The molecule has 2 amide bonds. The molecule has 0 spiro atoms. The smallest absolute Gasteiger partial charge is 0.360 e. The van der Waals surface area contributed by atoms with Gasteiger partial charge in [-0.05, 0) is 18.2 Å². The number of alkyl halides is 3. The van der Waals surface area contributed by atoms with Crippen molar-refractivity contribution in [1.82, 2.24) is 9.88 Å². The zero-order valence-corrected chi connectivity index (χ0v) is 14.6. The average Bonchev–Trinajstić information content (AvgIpc) is 3.04. The maximum absolute atomic E-state index is 13.0. The number of halogens is 3. The van der Waals surface area contributed by atoms with Gasteiger partial charge in [0.1, 0.15) is 0 Å². The molecule has 1 aliphatic heterocycles. The number of benzene rings is 2. The lowest BCUT2D eigenvalue weighted by atomic mass is 9.97. The molecule has 0 bridgehead atoms. The Bertz CT molecular complexity index is 1050. The molecule has 1 aliphatic rings. The summed E-state index contributed by atoms with van der Waals surface area (Å²) in [6, 6.07) is 12.2. The molecule has 1 saturated heterocycles. The molecule has 2 heterocycles. The van der Waals surface area contributed by atoms with E-state index in [9.17, 15) is 22.8 Å². The van der Waals surface area contributed by atoms with Gasteiger partial charge >= 0.3 is 6.18 Å². The molecule has 4 rings (SSSR count). The molecule has 8 heteroatoms. The SMILES string of the molecule is O=C(Nc1ccccc1C(F)(F)F)C1CN(C(=O)c2c[nH]c3ccccc23)C1. The quantitative estimate of drug-likeness (QED) is 0.716. The molecule has 2 N–H and O–H groups in total. The van der Waals surface area contributed by atoms with E-state index in [1.54, 1.807) is 6.20 Å². The normalized spacial score (nSPS) is 14.8. The van der Waals surface area contributed by atoms with Gasteiger partial charge < -0.3 is 15.2 Å². The third-order valence-corrected chi connectivity index (χ3v) is 4.85. The van der Waals surface area contributed by atoms with Gasteiger partial charge in [0, 0.05) is 30.2 Å². The Morgan fingerprint density at radius 3 is 2.46 bits per heavy atom. The molecule has 28 heavy (non-hydrogen) atoms. The highest BCUT2D eigenvalue weighted by Gasteiger charge is 2.38. The highest BCUT2D eigenvalue weighted by Crippen LogP contribution is 2.35. The Kier molecular flexibility index (Phi) is 4.33. The second-order valence-electron chi connectivity index (χ2n) is 6.69. The molecule has 3 aromatic rings. The average molecular weight is 387 g/mol. The van der Waals surface area contributed by atoms with Gasteiger partial charge in [0.2, 0.25) is 5.91 Å². The molecular weight excluding hydrogens is 371 g/mol. The number of nitrogens with zero attached hydrogens (tertiary/aromatic N) is 1. The maximum atomic E-state index is 13.0. The second-order valence-corrected chi connectivity index (χ2v) is 6.69. The first-order valence-electron chi connectivity index (χ1n) is 8.67. The van der Waals surface area contributed by atoms with E-state index in [4.69, 9.17) is 0 Å². The monoisotopic (exact) mass is 387 g/mol. The van der Waals surface area contributed by atoms with Crippen molar-refractivity contribution in [1.29, 1.82) is 0 Å². The summed E-state index contributed by atoms with van der Waals surface area (Å²) in [4.78, 5) is 29.5. The fourth-order valence-electron chi connectivity index (χ4n) is 3.30. The summed E-state index contributed by atoms with van der Waals surface area (Å²) in [6.45, 7) is 0.330. The lowest BCUT2D eigenvalue weighted by Gasteiger charge is -2.38. The minimum Gasteiger partial charge on any atom is -0.360 e. The number of H-pyrrole nitrogens is 1. The second kappa shape index (κ2) is 6.70. The zero-order valence-electron chi connectivity index (χ0n) is 14.6. The number of anilines is 1. The van der Waals surface area contributed by atoms with Crippen molar-refractivity contribution in [3.8, 4) is 0 Å². The van der Waals surface area contributed by atoms with Crippen molar-refractivity contribution in [3.63, 3.8) is 0 Å². The number of hydrogen-bond acceptors (Lipinski definition) is 2. The van der Waals surface area contributed by atoms with Crippen LogP contribution in [0.4, 0.5) is 18.9 Å². The number of rotatable bonds is 3. The lowest BCUT2D eigenvalue weighted by Crippen LogP contribution is -2.54. The summed E-state index contributed by atoms with van der Waals surface area (Å²) in [5.41, 5.74) is 0.178. The first-order chi connectivity index (χ1) is 13.3. The lowest BCUT2D eigenvalue weighted by molar-refractivity contribution is -0.137. The van der Waals surface area contributed by atoms with Crippen molar-refractivity contribution < 1.29 is 22.8 Å². The van der Waals surface area contributed by atoms with Crippen LogP contribution in [0.2, 0.25) is 0 Å². The van der Waals surface area contributed by atoms with Crippen molar-refractivity contribution in [2.45, 2.75) is 6.18 Å². The predicted octanol–water partition coefficient (Wildman–Crippen LogP) is 3.90. The van der Waals surface area contributed by atoms with Gasteiger partial charge in [-0.25, -0.2) is 0 Å². The van der Waals surface area contributed by atoms with Crippen LogP contribution in [-0.2, 0) is 11.0 Å². The number of hydrogen-bond donors (Lipinski definition) is 2. The molecule has 0 saturated carbocycles. The summed E-state index contributed by atoms with van der Waals surface area (Å²) >= 11 is 0. The van der Waals surface area contributed by atoms with Crippen molar-refractivity contribution in [3.05, 3.63) is 65.9 Å². The molecule has 0 unspecified atom stereocenters. The molecule has 0 radical (unpaired) electrons. The predicted molar refractivity (Wildman–Crippen MR) is 97.8 cm³/mol. The number of fused-ring (bicyclic) bond motifs is 1. The van der Waals surface area contributed by atoms with E-state index >= 15 is 0 Å². The molecule has 1 fully saturated rings. The summed E-state index contributed by atoms with van der Waals surface area (Å²) in [7, 11) is 0. The van der Waals surface area contributed by atoms with E-state index in [1.165, 1.54) is 23.1 Å². The minimum absolute atomic E-state index is 0.165. The number of aromatic amines is 1. The number of nitrogens with one attached hydrogen (secondary N) is 2. The summed E-state index contributed by atoms with van der Waals surface area (Å²) < 4.78 is 39.1. The number of aromatic nitrogens is 1. The van der Waals surface area contributed by atoms with Crippen LogP contribution >= 0.6 is 0 Å². The third kappa shape index (κ3) is 3.21. The highest BCUT2D eigenvalue weighted by atomic mass is 19.4. The molecule has 2 aromatic carbocycles. The number of carbonyl (C=O) groups excluding carboxylic acids is 2.